The van der Waals surface area contributed by atoms with Crippen LogP contribution in [0.5, 0.6) is 0 Å². The van der Waals surface area contributed by atoms with Crippen LogP contribution in [0.1, 0.15) is 33.6 Å². The Labute approximate surface area is 106 Å². The maximum absolute atomic E-state index is 9.06. The molecule has 0 radical (unpaired) electrons. The summed E-state index contributed by atoms with van der Waals surface area (Å²) in [6, 6.07) is 2.76. The van der Waals surface area contributed by atoms with Gasteiger partial charge in [0.25, 0.3) is 0 Å². The Balaban J connectivity index is 4.04. The molecule has 0 rings (SSSR count). The third-order valence-corrected chi connectivity index (χ3v) is 3.36. The van der Waals surface area contributed by atoms with Crippen LogP contribution in [0.15, 0.2) is 0 Å². The topological polar surface area (TPSA) is 48.3 Å². The fraction of sp³-hybridized carbons (Fsp3) is 0.923. The SMILES string of the molecule is CCN(CCCC(C)(C#N)NC)C(C)COC. The van der Waals surface area contributed by atoms with Gasteiger partial charge in [-0.2, -0.15) is 5.26 Å². The monoisotopic (exact) mass is 241 g/mol. The predicted octanol–water partition coefficient (Wildman–Crippen LogP) is 1.63. The number of rotatable bonds is 9. The minimum absolute atomic E-state index is 0.399. The highest BCUT2D eigenvalue weighted by Crippen LogP contribution is 2.12. The van der Waals surface area contributed by atoms with Gasteiger partial charge in [0.1, 0.15) is 5.54 Å². The Bertz CT molecular complexity index is 239. The van der Waals surface area contributed by atoms with Crippen molar-refractivity contribution in [2.45, 2.75) is 45.2 Å². The van der Waals surface area contributed by atoms with E-state index in [4.69, 9.17) is 10.00 Å². The van der Waals surface area contributed by atoms with Crippen molar-refractivity contribution < 1.29 is 4.74 Å². The molecule has 0 amide bonds. The molecular weight excluding hydrogens is 214 g/mol. The summed E-state index contributed by atoms with van der Waals surface area (Å²) in [5.41, 5.74) is -0.399. The first kappa shape index (κ1) is 16.4. The lowest BCUT2D eigenvalue weighted by Crippen LogP contribution is -2.40. The van der Waals surface area contributed by atoms with E-state index in [9.17, 15) is 0 Å². The molecule has 0 spiro atoms. The molecule has 0 aliphatic rings. The molecule has 1 N–H and O–H groups in total. The van der Waals surface area contributed by atoms with Gasteiger partial charge in [-0.15, -0.1) is 0 Å². The summed E-state index contributed by atoms with van der Waals surface area (Å²) in [5.74, 6) is 0. The lowest BCUT2D eigenvalue weighted by Gasteiger charge is -2.28. The number of ether oxygens (including phenoxy) is 1. The molecular formula is C13H27N3O. The third-order valence-electron chi connectivity index (χ3n) is 3.36. The summed E-state index contributed by atoms with van der Waals surface area (Å²) in [7, 11) is 3.58. The highest BCUT2D eigenvalue weighted by molar-refractivity contribution is 5.02. The van der Waals surface area contributed by atoms with Crippen molar-refractivity contribution in [2.75, 3.05) is 33.9 Å². The normalized spacial score (nSPS) is 16.5. The number of nitrogens with one attached hydrogen (secondary N) is 1. The number of nitriles is 1. The molecule has 4 heteroatoms. The molecule has 0 aromatic carbocycles. The van der Waals surface area contributed by atoms with Gasteiger partial charge in [0.15, 0.2) is 0 Å². The zero-order valence-electron chi connectivity index (χ0n) is 11.9. The quantitative estimate of drug-likeness (QED) is 0.666. The van der Waals surface area contributed by atoms with E-state index in [0.29, 0.717) is 6.04 Å². The van der Waals surface area contributed by atoms with Crippen molar-refractivity contribution >= 4 is 0 Å². The molecule has 0 saturated carbocycles. The van der Waals surface area contributed by atoms with Crippen LogP contribution >= 0.6 is 0 Å². The van der Waals surface area contributed by atoms with E-state index < -0.39 is 5.54 Å². The summed E-state index contributed by atoms with van der Waals surface area (Å²) in [6.07, 6.45) is 1.89. The molecule has 0 heterocycles. The number of hydrogen-bond acceptors (Lipinski definition) is 4. The van der Waals surface area contributed by atoms with E-state index in [1.807, 2.05) is 14.0 Å². The first-order chi connectivity index (χ1) is 8.02. The molecule has 0 bridgehead atoms. The molecule has 2 unspecified atom stereocenters. The largest absolute Gasteiger partial charge is 0.383 e. The Hall–Kier alpha value is -0.630. The van der Waals surface area contributed by atoms with Gasteiger partial charge in [0.2, 0.25) is 0 Å². The maximum Gasteiger partial charge on any atom is 0.103 e. The van der Waals surface area contributed by atoms with Crippen molar-refractivity contribution in [2.24, 2.45) is 0 Å². The summed E-state index contributed by atoms with van der Waals surface area (Å²) < 4.78 is 5.17. The van der Waals surface area contributed by atoms with Gasteiger partial charge in [-0.05, 0) is 46.8 Å². The number of likely N-dealkylation sites (N-methyl/N-ethyl adjacent to an activating group) is 1. The van der Waals surface area contributed by atoms with Gasteiger partial charge in [-0.25, -0.2) is 0 Å². The van der Waals surface area contributed by atoms with Crippen LogP contribution in [0.4, 0.5) is 0 Å². The smallest absolute Gasteiger partial charge is 0.103 e. The van der Waals surface area contributed by atoms with Crippen LogP contribution in [-0.4, -0.2) is 50.3 Å². The van der Waals surface area contributed by atoms with E-state index in [1.165, 1.54) is 0 Å². The number of methoxy groups -OCH3 is 1. The predicted molar refractivity (Wildman–Crippen MR) is 70.9 cm³/mol. The van der Waals surface area contributed by atoms with Crippen LogP contribution in [0.2, 0.25) is 0 Å². The second kappa shape index (κ2) is 8.46. The van der Waals surface area contributed by atoms with E-state index in [1.54, 1.807) is 7.11 Å². The lowest BCUT2D eigenvalue weighted by atomic mass is 9.98. The van der Waals surface area contributed by atoms with Crippen LogP contribution in [-0.2, 0) is 4.74 Å². The molecule has 0 saturated heterocycles. The van der Waals surface area contributed by atoms with E-state index >= 15 is 0 Å². The van der Waals surface area contributed by atoms with Crippen molar-refractivity contribution in [3.63, 3.8) is 0 Å². The number of nitrogens with zero attached hydrogens (tertiary/aromatic N) is 2. The second-order valence-electron chi connectivity index (χ2n) is 4.73. The van der Waals surface area contributed by atoms with E-state index in [0.717, 1.165) is 32.5 Å². The molecule has 2 atom stereocenters. The van der Waals surface area contributed by atoms with Crippen LogP contribution in [0.3, 0.4) is 0 Å². The van der Waals surface area contributed by atoms with E-state index in [2.05, 4.69) is 30.1 Å². The zero-order chi connectivity index (χ0) is 13.3. The van der Waals surface area contributed by atoms with Crippen LogP contribution in [0.25, 0.3) is 0 Å². The Morgan fingerprint density at radius 3 is 2.59 bits per heavy atom. The Morgan fingerprint density at radius 2 is 2.18 bits per heavy atom. The fourth-order valence-corrected chi connectivity index (χ4v) is 1.91. The molecule has 100 valence electrons. The second-order valence-corrected chi connectivity index (χ2v) is 4.73. The van der Waals surface area contributed by atoms with Crippen LogP contribution in [0, 0.1) is 11.3 Å². The maximum atomic E-state index is 9.06. The average molecular weight is 241 g/mol. The fourth-order valence-electron chi connectivity index (χ4n) is 1.91. The first-order valence-corrected chi connectivity index (χ1v) is 6.36. The average Bonchev–Trinajstić information content (AvgIpc) is 2.34. The lowest BCUT2D eigenvalue weighted by molar-refractivity contribution is 0.100. The Kier molecular flexibility index (Phi) is 8.15. The number of hydrogen-bond donors (Lipinski definition) is 1. The molecule has 0 aromatic heterocycles. The van der Waals surface area contributed by atoms with Gasteiger partial charge in [-0.1, -0.05) is 6.92 Å². The molecule has 0 fully saturated rings. The minimum atomic E-state index is -0.399. The van der Waals surface area contributed by atoms with Crippen LogP contribution < -0.4 is 5.32 Å². The molecule has 0 aliphatic carbocycles. The summed E-state index contributed by atoms with van der Waals surface area (Å²) >= 11 is 0. The van der Waals surface area contributed by atoms with E-state index in [-0.39, 0.29) is 0 Å². The molecule has 4 nitrogen and oxygen atoms in total. The first-order valence-electron chi connectivity index (χ1n) is 6.36. The molecule has 17 heavy (non-hydrogen) atoms. The minimum Gasteiger partial charge on any atom is -0.383 e. The van der Waals surface area contributed by atoms with Crippen molar-refractivity contribution in [3.8, 4) is 6.07 Å². The standard InChI is InChI=1S/C13H27N3O/c1-6-16(12(2)10-17-5)9-7-8-13(3,11-14)15-4/h12,15H,6-10H2,1-5H3. The van der Waals surface area contributed by atoms with Gasteiger partial charge in [0, 0.05) is 13.2 Å². The molecule has 0 aromatic rings. The summed E-state index contributed by atoms with van der Waals surface area (Å²) in [5, 5.41) is 12.1. The third kappa shape index (κ3) is 6.02. The van der Waals surface area contributed by atoms with Crippen molar-refractivity contribution in [1.82, 2.24) is 10.2 Å². The van der Waals surface area contributed by atoms with Gasteiger partial charge < -0.3 is 10.1 Å². The highest BCUT2D eigenvalue weighted by atomic mass is 16.5. The Morgan fingerprint density at radius 1 is 1.53 bits per heavy atom. The molecule has 0 aliphatic heterocycles. The summed E-state index contributed by atoms with van der Waals surface area (Å²) in [6.45, 7) is 9.08. The highest BCUT2D eigenvalue weighted by Gasteiger charge is 2.21. The van der Waals surface area contributed by atoms with Crippen molar-refractivity contribution in [1.29, 1.82) is 5.26 Å². The van der Waals surface area contributed by atoms with Gasteiger partial charge in [0.05, 0.1) is 12.7 Å². The van der Waals surface area contributed by atoms with Crippen molar-refractivity contribution in [3.05, 3.63) is 0 Å². The zero-order valence-corrected chi connectivity index (χ0v) is 11.9. The van der Waals surface area contributed by atoms with Gasteiger partial charge in [-0.3, -0.25) is 4.90 Å². The summed E-state index contributed by atoms with van der Waals surface area (Å²) in [4.78, 5) is 2.39. The van der Waals surface area contributed by atoms with Gasteiger partial charge >= 0.3 is 0 Å².